The zero-order valence-electron chi connectivity index (χ0n) is 24.6. The van der Waals surface area contributed by atoms with Gasteiger partial charge in [0.1, 0.15) is 12.4 Å². The predicted molar refractivity (Wildman–Crippen MR) is 165 cm³/mol. The summed E-state index contributed by atoms with van der Waals surface area (Å²) in [5.74, 6) is -0.192. The molecule has 0 amide bonds. The quantitative estimate of drug-likeness (QED) is 0.205. The number of hydrogen-bond acceptors (Lipinski definition) is 11. The summed E-state index contributed by atoms with van der Waals surface area (Å²) in [6.07, 6.45) is 4.53. The average molecular weight is 656 g/mol. The molecule has 0 unspecified atom stereocenters. The molecule has 0 aromatic heterocycles. The SMILES string of the molecule is COc1cc(-c2cccc(NS(C)(=O)=O)c2)c(OC)c(OS(C)(=O)=O)c1-c1ccc(OCC=C(C)C)c(OS(C)(=O)=O)c1. The van der Waals surface area contributed by atoms with E-state index >= 15 is 0 Å². The van der Waals surface area contributed by atoms with E-state index in [1.54, 1.807) is 36.4 Å². The van der Waals surface area contributed by atoms with Crippen molar-refractivity contribution in [2.24, 2.45) is 0 Å². The molecule has 234 valence electrons. The molecule has 0 bridgehead atoms. The lowest BCUT2D eigenvalue weighted by atomic mass is 9.96. The lowest BCUT2D eigenvalue weighted by Gasteiger charge is -2.21. The van der Waals surface area contributed by atoms with Crippen molar-refractivity contribution in [3.8, 4) is 51.0 Å². The van der Waals surface area contributed by atoms with Crippen LogP contribution in [0.3, 0.4) is 0 Å². The number of ether oxygens (including phenoxy) is 3. The van der Waals surface area contributed by atoms with Crippen molar-refractivity contribution in [3.05, 3.63) is 60.2 Å². The van der Waals surface area contributed by atoms with Crippen LogP contribution < -0.4 is 27.3 Å². The Morgan fingerprint density at radius 2 is 1.42 bits per heavy atom. The molecule has 0 fully saturated rings. The molecule has 12 nitrogen and oxygen atoms in total. The Balaban J connectivity index is 2.35. The first-order valence-electron chi connectivity index (χ1n) is 12.5. The van der Waals surface area contributed by atoms with Crippen LogP contribution in [0.2, 0.25) is 0 Å². The monoisotopic (exact) mass is 655 g/mol. The van der Waals surface area contributed by atoms with E-state index in [1.165, 1.54) is 32.4 Å². The van der Waals surface area contributed by atoms with Crippen LogP contribution >= 0.6 is 0 Å². The molecule has 0 atom stereocenters. The van der Waals surface area contributed by atoms with Crippen LogP contribution in [0.25, 0.3) is 22.3 Å². The maximum atomic E-state index is 12.5. The molecule has 43 heavy (non-hydrogen) atoms. The second-order valence-electron chi connectivity index (χ2n) is 9.65. The second-order valence-corrected chi connectivity index (χ2v) is 14.5. The maximum absolute atomic E-state index is 12.5. The lowest BCUT2D eigenvalue weighted by molar-refractivity contribution is 0.347. The zero-order valence-corrected chi connectivity index (χ0v) is 27.1. The van der Waals surface area contributed by atoms with E-state index in [1.807, 2.05) is 13.8 Å². The van der Waals surface area contributed by atoms with E-state index < -0.39 is 30.3 Å². The first-order chi connectivity index (χ1) is 19.9. The van der Waals surface area contributed by atoms with E-state index in [9.17, 15) is 25.3 Å². The standard InChI is InChI=1S/C28H33NO11S3/c1-18(2)13-14-38-23-12-11-20(16-24(23)39-42(6,32)33)26-25(36-3)17-22(27(37-4)28(26)40-43(7,34)35)19-9-8-10-21(15-19)29-41(5,30)31/h8-13,15-17,29H,14H2,1-7H3. The third-order valence-corrected chi connectivity index (χ3v) is 7.10. The van der Waals surface area contributed by atoms with Crippen molar-refractivity contribution in [1.29, 1.82) is 0 Å². The van der Waals surface area contributed by atoms with Gasteiger partial charge in [-0.2, -0.15) is 16.8 Å². The number of allylic oxidation sites excluding steroid dienone is 1. The highest BCUT2D eigenvalue weighted by Gasteiger charge is 2.27. The van der Waals surface area contributed by atoms with Gasteiger partial charge in [0.05, 0.1) is 38.6 Å². The molecule has 3 aromatic carbocycles. The Labute approximate surface area is 252 Å². The molecule has 3 aromatic rings. The minimum atomic E-state index is -4.15. The summed E-state index contributed by atoms with van der Waals surface area (Å²) in [5, 5.41) is 0. The Bertz CT molecular complexity index is 1860. The van der Waals surface area contributed by atoms with Gasteiger partial charge in [-0.1, -0.05) is 23.8 Å². The summed E-state index contributed by atoms with van der Waals surface area (Å²) in [7, 11) is -9.07. The van der Waals surface area contributed by atoms with Crippen molar-refractivity contribution in [3.63, 3.8) is 0 Å². The van der Waals surface area contributed by atoms with Crippen LogP contribution in [0, 0.1) is 0 Å². The van der Waals surface area contributed by atoms with Gasteiger partial charge in [0.25, 0.3) is 0 Å². The highest BCUT2D eigenvalue weighted by molar-refractivity contribution is 7.92. The number of anilines is 1. The van der Waals surface area contributed by atoms with Crippen LogP contribution in [0.15, 0.2) is 60.2 Å². The lowest BCUT2D eigenvalue weighted by Crippen LogP contribution is -2.10. The topological polar surface area (TPSA) is 161 Å². The van der Waals surface area contributed by atoms with Gasteiger partial charge in [-0.3, -0.25) is 4.72 Å². The van der Waals surface area contributed by atoms with Gasteiger partial charge >= 0.3 is 20.2 Å². The van der Waals surface area contributed by atoms with E-state index in [0.29, 0.717) is 11.1 Å². The summed E-state index contributed by atoms with van der Waals surface area (Å²) in [6.45, 7) is 3.90. The number of sulfonamides is 1. The second kappa shape index (κ2) is 13.1. The normalized spacial score (nSPS) is 11.8. The van der Waals surface area contributed by atoms with Crippen LogP contribution in [-0.4, -0.2) is 64.8 Å². The fraction of sp³-hybridized carbons (Fsp3) is 0.286. The number of nitrogens with one attached hydrogen (secondary N) is 1. The molecule has 0 radical (unpaired) electrons. The molecule has 0 aliphatic carbocycles. The molecule has 0 saturated carbocycles. The summed E-state index contributed by atoms with van der Waals surface area (Å²) in [4.78, 5) is 0. The van der Waals surface area contributed by atoms with Crippen molar-refractivity contribution in [1.82, 2.24) is 0 Å². The molecule has 1 N–H and O–H groups in total. The highest BCUT2D eigenvalue weighted by Crippen LogP contribution is 2.52. The molecule has 0 heterocycles. The first-order valence-corrected chi connectivity index (χ1v) is 18.0. The minimum Gasteiger partial charge on any atom is -0.496 e. The van der Waals surface area contributed by atoms with Gasteiger partial charge in [-0.25, -0.2) is 8.42 Å². The van der Waals surface area contributed by atoms with E-state index in [0.717, 1.165) is 24.3 Å². The fourth-order valence-electron chi connectivity index (χ4n) is 3.97. The van der Waals surface area contributed by atoms with Gasteiger partial charge in [-0.15, -0.1) is 0 Å². The first kappa shape index (κ1) is 33.6. The van der Waals surface area contributed by atoms with E-state index in [-0.39, 0.29) is 52.2 Å². The molecule has 3 rings (SSSR count). The third kappa shape index (κ3) is 9.53. The van der Waals surface area contributed by atoms with Gasteiger partial charge in [-0.05, 0) is 61.4 Å². The van der Waals surface area contributed by atoms with Crippen LogP contribution in [-0.2, 0) is 30.3 Å². The van der Waals surface area contributed by atoms with Crippen LogP contribution in [0.4, 0.5) is 5.69 Å². The molecule has 0 aliphatic rings. The number of rotatable bonds is 13. The molecule has 0 spiro atoms. The van der Waals surface area contributed by atoms with Crippen molar-refractivity contribution in [2.45, 2.75) is 13.8 Å². The van der Waals surface area contributed by atoms with E-state index in [4.69, 9.17) is 22.6 Å². The fourth-order valence-corrected chi connectivity index (χ4v) is 5.45. The smallest absolute Gasteiger partial charge is 0.306 e. The number of hydrogen-bond donors (Lipinski definition) is 1. The Kier molecular flexibility index (Phi) is 10.3. The summed E-state index contributed by atoms with van der Waals surface area (Å²) in [5.41, 5.74) is 2.35. The van der Waals surface area contributed by atoms with Gasteiger partial charge in [0, 0.05) is 11.3 Å². The average Bonchev–Trinajstić information content (AvgIpc) is 2.86. The van der Waals surface area contributed by atoms with Crippen LogP contribution in [0.1, 0.15) is 13.8 Å². The Morgan fingerprint density at radius 3 is 1.98 bits per heavy atom. The number of benzene rings is 3. The Hall–Kier alpha value is -3.95. The Morgan fingerprint density at radius 1 is 0.744 bits per heavy atom. The molecular weight excluding hydrogens is 623 g/mol. The predicted octanol–water partition coefficient (Wildman–Crippen LogP) is 4.43. The summed E-state index contributed by atoms with van der Waals surface area (Å²) >= 11 is 0. The molecule has 15 heteroatoms. The van der Waals surface area contributed by atoms with Gasteiger partial charge in [0.2, 0.25) is 10.0 Å². The minimum absolute atomic E-state index is 0.0211. The molecule has 0 saturated heterocycles. The number of methoxy groups -OCH3 is 2. The van der Waals surface area contributed by atoms with Crippen molar-refractivity contribution in [2.75, 3.05) is 44.3 Å². The molecule has 0 aliphatic heterocycles. The zero-order chi connectivity index (χ0) is 32.2. The van der Waals surface area contributed by atoms with E-state index in [2.05, 4.69) is 4.72 Å². The van der Waals surface area contributed by atoms with Crippen molar-refractivity contribution >= 4 is 35.9 Å². The summed E-state index contributed by atoms with van der Waals surface area (Å²) in [6, 6.07) is 12.3. The van der Waals surface area contributed by atoms with Gasteiger partial charge in [0.15, 0.2) is 23.0 Å². The highest BCUT2D eigenvalue weighted by atomic mass is 32.2. The third-order valence-electron chi connectivity index (χ3n) is 5.54. The largest absolute Gasteiger partial charge is 0.496 e. The van der Waals surface area contributed by atoms with Gasteiger partial charge < -0.3 is 22.6 Å². The van der Waals surface area contributed by atoms with Crippen LogP contribution in [0.5, 0.6) is 28.7 Å². The summed E-state index contributed by atoms with van der Waals surface area (Å²) < 4.78 is 103. The maximum Gasteiger partial charge on any atom is 0.306 e. The molecular formula is C28H33NO11S3. The van der Waals surface area contributed by atoms with Crippen molar-refractivity contribution < 1.29 is 47.8 Å².